The van der Waals surface area contributed by atoms with Crippen LogP contribution in [0.3, 0.4) is 0 Å². The summed E-state index contributed by atoms with van der Waals surface area (Å²) in [7, 11) is 3.20. The predicted octanol–water partition coefficient (Wildman–Crippen LogP) is 3.69. The maximum Gasteiger partial charge on any atom is 0.490 e. The molecule has 0 saturated heterocycles. The van der Waals surface area contributed by atoms with E-state index in [9.17, 15) is 18.0 Å². The smallest absolute Gasteiger partial charge is 0.490 e. The minimum Gasteiger partial charge on any atom is -0.493 e. The number of methoxy groups -OCH3 is 2. The van der Waals surface area contributed by atoms with Crippen LogP contribution in [0.25, 0.3) is 0 Å². The minimum atomic E-state index is -5.08. The van der Waals surface area contributed by atoms with Gasteiger partial charge in [0, 0.05) is 6.42 Å². The van der Waals surface area contributed by atoms with Crippen LogP contribution < -0.4 is 24.3 Å². The molecule has 2 aromatic carbocycles. The number of halogens is 3. The van der Waals surface area contributed by atoms with Crippen molar-refractivity contribution in [3.05, 3.63) is 52.5 Å². The number of rotatable bonds is 7. The van der Waals surface area contributed by atoms with E-state index in [0.717, 1.165) is 16.1 Å². The molecule has 1 aliphatic rings. The molecule has 10 nitrogen and oxygen atoms in total. The maximum atomic E-state index is 12.3. The Bertz CT molecular complexity index is 1230. The van der Waals surface area contributed by atoms with Crippen LogP contribution in [0.4, 0.5) is 18.3 Å². The zero-order valence-electron chi connectivity index (χ0n) is 18.9. The first-order valence-corrected chi connectivity index (χ1v) is 10.9. The number of amides is 1. The van der Waals surface area contributed by atoms with Crippen LogP contribution in [0, 0.1) is 0 Å². The van der Waals surface area contributed by atoms with Crippen molar-refractivity contribution < 1.29 is 46.8 Å². The lowest BCUT2D eigenvalue weighted by Gasteiger charge is -2.08. The number of anilines is 1. The van der Waals surface area contributed by atoms with Crippen molar-refractivity contribution in [2.24, 2.45) is 0 Å². The van der Waals surface area contributed by atoms with Gasteiger partial charge in [0.05, 0.1) is 20.6 Å². The Labute approximate surface area is 206 Å². The van der Waals surface area contributed by atoms with E-state index >= 15 is 0 Å². The Morgan fingerprint density at radius 1 is 1.03 bits per heavy atom. The van der Waals surface area contributed by atoms with Gasteiger partial charge in [0.1, 0.15) is 5.01 Å². The highest BCUT2D eigenvalue weighted by atomic mass is 32.1. The topological polar surface area (TPSA) is 129 Å². The number of hydrogen-bond acceptors (Lipinski definition) is 9. The van der Waals surface area contributed by atoms with Crippen molar-refractivity contribution in [1.29, 1.82) is 0 Å². The average Bonchev–Trinajstić information content (AvgIpc) is 3.47. The molecule has 192 valence electrons. The van der Waals surface area contributed by atoms with E-state index < -0.39 is 12.1 Å². The van der Waals surface area contributed by atoms with Gasteiger partial charge in [0.15, 0.2) is 23.0 Å². The monoisotopic (exact) mass is 527 g/mol. The highest BCUT2D eigenvalue weighted by molar-refractivity contribution is 7.15. The zero-order chi connectivity index (χ0) is 26.3. The van der Waals surface area contributed by atoms with Crippen molar-refractivity contribution in [3.63, 3.8) is 0 Å². The molecule has 0 bridgehead atoms. The molecule has 2 N–H and O–H groups in total. The molecule has 0 fully saturated rings. The first-order valence-electron chi connectivity index (χ1n) is 10.1. The summed E-state index contributed by atoms with van der Waals surface area (Å²) in [6, 6.07) is 11.2. The van der Waals surface area contributed by atoms with E-state index in [0.29, 0.717) is 34.6 Å². The molecule has 1 aliphatic heterocycles. The Morgan fingerprint density at radius 3 is 2.36 bits per heavy atom. The molecule has 0 spiro atoms. The Hall–Kier alpha value is -4.07. The van der Waals surface area contributed by atoms with Crippen LogP contribution in [0.5, 0.6) is 23.0 Å². The Balaban J connectivity index is 0.000000454. The van der Waals surface area contributed by atoms with Gasteiger partial charge in [-0.05, 0) is 35.4 Å². The largest absolute Gasteiger partial charge is 0.493 e. The minimum absolute atomic E-state index is 0.169. The van der Waals surface area contributed by atoms with Crippen LogP contribution in [-0.4, -0.2) is 54.4 Å². The number of ether oxygens (including phenoxy) is 4. The maximum absolute atomic E-state index is 12.3. The number of hydrogen-bond donors (Lipinski definition) is 2. The number of nitrogens with one attached hydrogen (secondary N) is 1. The van der Waals surface area contributed by atoms with Gasteiger partial charge in [-0.1, -0.05) is 23.5 Å². The van der Waals surface area contributed by atoms with Crippen molar-refractivity contribution >= 4 is 28.3 Å². The molecule has 0 atom stereocenters. The molecule has 0 radical (unpaired) electrons. The number of benzene rings is 2. The first-order chi connectivity index (χ1) is 17.1. The SMILES string of the molecule is COc1ccc(Cc2nnc(NC(=O)Cc3ccc4c(c3)OCO4)s2)cc1OC.O=C(O)C(F)(F)F. The number of carbonyl (C=O) groups excluding carboxylic acids is 1. The highest BCUT2D eigenvalue weighted by Gasteiger charge is 2.38. The van der Waals surface area contributed by atoms with Crippen molar-refractivity contribution in [2.75, 3.05) is 26.3 Å². The summed E-state index contributed by atoms with van der Waals surface area (Å²) in [6.07, 6.45) is -4.29. The number of nitrogens with zero attached hydrogens (tertiary/aromatic N) is 2. The molecule has 0 unspecified atom stereocenters. The van der Waals surface area contributed by atoms with Gasteiger partial charge in [0.25, 0.3) is 0 Å². The van der Waals surface area contributed by atoms with E-state index in [2.05, 4.69) is 15.5 Å². The summed E-state index contributed by atoms with van der Waals surface area (Å²) < 4.78 is 52.9. The van der Waals surface area contributed by atoms with Crippen LogP contribution in [-0.2, 0) is 22.4 Å². The summed E-state index contributed by atoms with van der Waals surface area (Å²) in [6.45, 7) is 0.207. The molecule has 14 heteroatoms. The summed E-state index contributed by atoms with van der Waals surface area (Å²) >= 11 is 1.34. The fourth-order valence-corrected chi connectivity index (χ4v) is 3.73. The van der Waals surface area contributed by atoms with Gasteiger partial charge in [-0.15, -0.1) is 10.2 Å². The second-order valence-electron chi connectivity index (χ2n) is 7.08. The van der Waals surface area contributed by atoms with Gasteiger partial charge < -0.3 is 29.4 Å². The molecule has 0 aliphatic carbocycles. The zero-order valence-corrected chi connectivity index (χ0v) is 19.7. The molecular weight excluding hydrogens is 507 g/mol. The second kappa shape index (κ2) is 11.6. The Morgan fingerprint density at radius 2 is 1.69 bits per heavy atom. The van der Waals surface area contributed by atoms with Gasteiger partial charge in [-0.3, -0.25) is 4.79 Å². The van der Waals surface area contributed by atoms with Crippen molar-refractivity contribution in [3.8, 4) is 23.0 Å². The lowest BCUT2D eigenvalue weighted by molar-refractivity contribution is -0.192. The molecule has 1 amide bonds. The van der Waals surface area contributed by atoms with Gasteiger partial charge in [-0.25, -0.2) is 4.79 Å². The Kier molecular flexibility index (Phi) is 8.53. The lowest BCUT2D eigenvalue weighted by Crippen LogP contribution is -2.21. The van der Waals surface area contributed by atoms with E-state index in [1.807, 2.05) is 30.3 Å². The van der Waals surface area contributed by atoms with Gasteiger partial charge in [0.2, 0.25) is 17.8 Å². The molecule has 2 heterocycles. The quantitative estimate of drug-likeness (QED) is 0.473. The van der Waals surface area contributed by atoms with Gasteiger partial charge >= 0.3 is 12.1 Å². The van der Waals surface area contributed by atoms with Gasteiger partial charge in [-0.2, -0.15) is 13.2 Å². The molecular formula is C22H20F3N3O7S. The van der Waals surface area contributed by atoms with Crippen molar-refractivity contribution in [2.45, 2.75) is 19.0 Å². The van der Waals surface area contributed by atoms with Crippen LogP contribution in [0.2, 0.25) is 0 Å². The summed E-state index contributed by atoms with van der Waals surface area (Å²) in [5.41, 5.74) is 1.85. The standard InChI is InChI=1S/C20H19N3O5S.C2HF3O2/c1-25-14-5-3-13(7-16(14)26-2)10-19-22-23-20(29-19)21-18(24)9-12-4-6-15-17(8-12)28-11-27-15;3-2(4,5)1(6)7/h3-8H,9-11H2,1-2H3,(H,21,23,24);(H,6,7). The fourth-order valence-electron chi connectivity index (χ4n) is 2.94. The summed E-state index contributed by atoms with van der Waals surface area (Å²) in [5, 5.41) is 19.4. The molecule has 0 saturated carbocycles. The second-order valence-corrected chi connectivity index (χ2v) is 8.14. The van der Waals surface area contributed by atoms with Crippen LogP contribution in [0.15, 0.2) is 36.4 Å². The number of fused-ring (bicyclic) bond motifs is 1. The lowest BCUT2D eigenvalue weighted by atomic mass is 10.1. The molecule has 4 rings (SSSR count). The van der Waals surface area contributed by atoms with E-state index in [-0.39, 0.29) is 19.1 Å². The average molecular weight is 527 g/mol. The number of aliphatic carboxylic acids is 1. The predicted molar refractivity (Wildman–Crippen MR) is 121 cm³/mol. The van der Waals surface area contributed by atoms with E-state index in [1.54, 1.807) is 20.3 Å². The molecule has 36 heavy (non-hydrogen) atoms. The molecule has 3 aromatic rings. The number of carbonyl (C=O) groups is 2. The third kappa shape index (κ3) is 7.21. The normalized spacial score (nSPS) is 11.8. The number of aromatic nitrogens is 2. The first kappa shape index (κ1) is 26.5. The summed E-state index contributed by atoms with van der Waals surface area (Å²) in [5.74, 6) is -0.247. The fraction of sp³-hybridized carbons (Fsp3) is 0.273. The number of carboxylic acid groups (broad SMARTS) is 1. The third-order valence-corrected chi connectivity index (χ3v) is 5.40. The number of alkyl halides is 3. The molecule has 1 aromatic heterocycles. The van der Waals surface area contributed by atoms with E-state index in [4.69, 9.17) is 28.8 Å². The summed E-state index contributed by atoms with van der Waals surface area (Å²) in [4.78, 5) is 21.2. The van der Waals surface area contributed by atoms with Crippen LogP contribution in [0.1, 0.15) is 16.1 Å². The van der Waals surface area contributed by atoms with Crippen LogP contribution >= 0.6 is 11.3 Å². The van der Waals surface area contributed by atoms with Crippen molar-refractivity contribution in [1.82, 2.24) is 10.2 Å². The van der Waals surface area contributed by atoms with E-state index in [1.165, 1.54) is 11.3 Å². The number of carboxylic acids is 1. The third-order valence-electron chi connectivity index (χ3n) is 4.56. The highest BCUT2D eigenvalue weighted by Crippen LogP contribution is 2.33.